The number of piperazine rings is 1. The van der Waals surface area contributed by atoms with Gasteiger partial charge >= 0.3 is 0 Å². The van der Waals surface area contributed by atoms with E-state index in [0.717, 1.165) is 19.5 Å². The van der Waals surface area contributed by atoms with E-state index in [1.165, 1.54) is 11.3 Å². The van der Waals surface area contributed by atoms with Crippen molar-refractivity contribution in [2.24, 2.45) is 0 Å². The molecule has 1 saturated heterocycles. The minimum atomic E-state index is 0.203. The van der Waals surface area contributed by atoms with Gasteiger partial charge in [0, 0.05) is 30.4 Å². The molecule has 0 aliphatic carbocycles. The first kappa shape index (κ1) is 12.4. The molecule has 0 radical (unpaired) electrons. The summed E-state index contributed by atoms with van der Waals surface area (Å²) in [5, 5.41) is 3.59. The second-order valence-corrected chi connectivity index (χ2v) is 5.77. The van der Waals surface area contributed by atoms with Gasteiger partial charge in [-0.1, -0.05) is 19.1 Å². The van der Waals surface area contributed by atoms with Crippen LogP contribution >= 0.6 is 0 Å². The van der Waals surface area contributed by atoms with Crippen LogP contribution in [0.3, 0.4) is 0 Å². The van der Waals surface area contributed by atoms with Gasteiger partial charge in [0.05, 0.1) is 0 Å². The van der Waals surface area contributed by atoms with Gasteiger partial charge in [-0.05, 0) is 44.9 Å². The lowest BCUT2D eigenvalue weighted by atomic mass is 9.98. The maximum absolute atomic E-state index is 3.59. The smallest absolute Gasteiger partial charge is 0.0387 e. The first-order valence-electron chi connectivity index (χ1n) is 6.62. The van der Waals surface area contributed by atoms with Crippen molar-refractivity contribution in [1.29, 1.82) is 0 Å². The Morgan fingerprint density at radius 2 is 2.18 bits per heavy atom. The summed E-state index contributed by atoms with van der Waals surface area (Å²) in [4.78, 5) is 2.52. The van der Waals surface area contributed by atoms with Crippen LogP contribution in [0.25, 0.3) is 0 Å². The number of benzene rings is 1. The Balaban J connectivity index is 2.24. The van der Waals surface area contributed by atoms with Crippen LogP contribution in [0.1, 0.15) is 33.3 Å². The Morgan fingerprint density at radius 1 is 1.41 bits per heavy atom. The molecule has 1 N–H and O–H groups in total. The van der Waals surface area contributed by atoms with Gasteiger partial charge in [-0.15, -0.1) is 0 Å². The van der Waals surface area contributed by atoms with E-state index in [9.17, 15) is 0 Å². The van der Waals surface area contributed by atoms with E-state index in [1.807, 2.05) is 0 Å². The minimum Gasteiger partial charge on any atom is -0.366 e. The van der Waals surface area contributed by atoms with Crippen molar-refractivity contribution in [2.75, 3.05) is 18.0 Å². The fourth-order valence-corrected chi connectivity index (χ4v) is 2.47. The molecule has 0 saturated carbocycles. The average molecular weight is 232 g/mol. The molecule has 2 nitrogen and oxygen atoms in total. The highest BCUT2D eigenvalue weighted by molar-refractivity contribution is 5.50. The lowest BCUT2D eigenvalue weighted by Crippen LogP contribution is -2.61. The van der Waals surface area contributed by atoms with E-state index in [4.69, 9.17) is 0 Å². The molecule has 1 fully saturated rings. The molecular weight excluding hydrogens is 208 g/mol. The van der Waals surface area contributed by atoms with Crippen LogP contribution in [0.4, 0.5) is 5.69 Å². The summed E-state index contributed by atoms with van der Waals surface area (Å²) in [5.41, 5.74) is 2.99. The molecule has 2 heteroatoms. The summed E-state index contributed by atoms with van der Waals surface area (Å²) >= 11 is 0. The zero-order chi connectivity index (χ0) is 12.5. The number of rotatable bonds is 2. The zero-order valence-electron chi connectivity index (χ0n) is 11.5. The molecule has 94 valence electrons. The third kappa shape index (κ3) is 2.81. The van der Waals surface area contributed by atoms with E-state index >= 15 is 0 Å². The molecule has 2 rings (SSSR count). The normalized spacial score (nSPS) is 23.8. The molecule has 1 aromatic rings. The Labute approximate surface area is 105 Å². The molecule has 1 atom stereocenters. The van der Waals surface area contributed by atoms with Crippen LogP contribution in [0.5, 0.6) is 0 Å². The van der Waals surface area contributed by atoms with Gasteiger partial charge in [0.1, 0.15) is 0 Å². The standard InChI is InChI=1S/C15H24N2/c1-5-13-7-6-8-14(9-13)17-11-15(3,4)16-10-12(17)2/h6-9,12,16H,5,10-11H2,1-4H3. The van der Waals surface area contributed by atoms with Crippen molar-refractivity contribution in [3.8, 4) is 0 Å². The largest absolute Gasteiger partial charge is 0.366 e. The van der Waals surface area contributed by atoms with Gasteiger partial charge in [-0.3, -0.25) is 0 Å². The summed E-state index contributed by atoms with van der Waals surface area (Å²) in [6.07, 6.45) is 1.11. The zero-order valence-corrected chi connectivity index (χ0v) is 11.5. The quantitative estimate of drug-likeness (QED) is 0.843. The Bertz CT molecular complexity index is 384. The molecule has 1 aromatic carbocycles. The maximum Gasteiger partial charge on any atom is 0.0387 e. The molecule has 17 heavy (non-hydrogen) atoms. The van der Waals surface area contributed by atoms with Gasteiger partial charge in [-0.2, -0.15) is 0 Å². The number of nitrogens with zero attached hydrogens (tertiary/aromatic N) is 1. The predicted molar refractivity (Wildman–Crippen MR) is 74.7 cm³/mol. The lowest BCUT2D eigenvalue weighted by molar-refractivity contribution is 0.318. The predicted octanol–water partition coefficient (Wildman–Crippen LogP) is 2.83. The Hall–Kier alpha value is -1.02. The van der Waals surface area contributed by atoms with E-state index in [1.54, 1.807) is 0 Å². The van der Waals surface area contributed by atoms with Crippen molar-refractivity contribution in [2.45, 2.75) is 45.7 Å². The average Bonchev–Trinajstić information content (AvgIpc) is 2.32. The lowest BCUT2D eigenvalue weighted by Gasteiger charge is -2.44. The fourth-order valence-electron chi connectivity index (χ4n) is 2.47. The number of anilines is 1. The van der Waals surface area contributed by atoms with Crippen molar-refractivity contribution >= 4 is 5.69 Å². The van der Waals surface area contributed by atoms with Crippen molar-refractivity contribution in [1.82, 2.24) is 5.32 Å². The number of nitrogens with one attached hydrogen (secondary N) is 1. The number of aryl methyl sites for hydroxylation is 1. The van der Waals surface area contributed by atoms with Crippen molar-refractivity contribution in [3.05, 3.63) is 29.8 Å². The third-order valence-corrected chi connectivity index (χ3v) is 3.62. The Kier molecular flexibility index (Phi) is 3.43. The molecule has 1 unspecified atom stereocenters. The highest BCUT2D eigenvalue weighted by Crippen LogP contribution is 2.24. The highest BCUT2D eigenvalue weighted by Gasteiger charge is 2.30. The van der Waals surface area contributed by atoms with Crippen LogP contribution in [0, 0.1) is 0 Å². The van der Waals surface area contributed by atoms with E-state index in [0.29, 0.717) is 6.04 Å². The first-order valence-corrected chi connectivity index (χ1v) is 6.62. The second kappa shape index (κ2) is 4.69. The van der Waals surface area contributed by atoms with Gasteiger partial charge < -0.3 is 10.2 Å². The summed E-state index contributed by atoms with van der Waals surface area (Å²) in [6.45, 7) is 11.2. The van der Waals surface area contributed by atoms with Crippen LogP contribution in [-0.4, -0.2) is 24.7 Å². The summed E-state index contributed by atoms with van der Waals surface area (Å²) in [6, 6.07) is 9.52. The first-order chi connectivity index (χ1) is 8.02. The topological polar surface area (TPSA) is 15.3 Å². The summed E-state index contributed by atoms with van der Waals surface area (Å²) in [7, 11) is 0. The van der Waals surface area contributed by atoms with Crippen LogP contribution < -0.4 is 10.2 Å². The van der Waals surface area contributed by atoms with Gasteiger partial charge in [0.25, 0.3) is 0 Å². The maximum atomic E-state index is 3.59. The highest BCUT2D eigenvalue weighted by atomic mass is 15.2. The van der Waals surface area contributed by atoms with Crippen molar-refractivity contribution in [3.63, 3.8) is 0 Å². The monoisotopic (exact) mass is 232 g/mol. The van der Waals surface area contributed by atoms with Crippen LogP contribution in [0.2, 0.25) is 0 Å². The molecular formula is C15H24N2. The molecule has 1 aliphatic heterocycles. The number of hydrogen-bond acceptors (Lipinski definition) is 2. The summed E-state index contributed by atoms with van der Waals surface area (Å²) in [5.74, 6) is 0. The van der Waals surface area contributed by atoms with Crippen LogP contribution in [0.15, 0.2) is 24.3 Å². The van der Waals surface area contributed by atoms with E-state index in [2.05, 4.69) is 62.2 Å². The molecule has 0 aromatic heterocycles. The molecule has 0 bridgehead atoms. The van der Waals surface area contributed by atoms with Crippen LogP contribution in [-0.2, 0) is 6.42 Å². The van der Waals surface area contributed by atoms with Crippen molar-refractivity contribution < 1.29 is 0 Å². The van der Waals surface area contributed by atoms with Gasteiger partial charge in [-0.25, -0.2) is 0 Å². The SMILES string of the molecule is CCc1cccc(N2CC(C)(C)NCC2C)c1. The summed E-state index contributed by atoms with van der Waals surface area (Å²) < 4.78 is 0. The molecule has 1 heterocycles. The minimum absolute atomic E-state index is 0.203. The number of hydrogen-bond donors (Lipinski definition) is 1. The Morgan fingerprint density at radius 3 is 2.88 bits per heavy atom. The van der Waals surface area contributed by atoms with E-state index < -0.39 is 0 Å². The van der Waals surface area contributed by atoms with Gasteiger partial charge in [0.15, 0.2) is 0 Å². The fraction of sp³-hybridized carbons (Fsp3) is 0.600. The molecule has 1 aliphatic rings. The molecule has 0 amide bonds. The van der Waals surface area contributed by atoms with E-state index in [-0.39, 0.29) is 5.54 Å². The third-order valence-electron chi connectivity index (χ3n) is 3.62. The second-order valence-electron chi connectivity index (χ2n) is 5.77. The van der Waals surface area contributed by atoms with Gasteiger partial charge in [0.2, 0.25) is 0 Å². The molecule has 0 spiro atoms.